The third-order valence-electron chi connectivity index (χ3n) is 13.3. The minimum atomic E-state index is -0.637. The van der Waals surface area contributed by atoms with Crippen molar-refractivity contribution >= 4 is 57.8 Å². The van der Waals surface area contributed by atoms with E-state index >= 15 is 0 Å². The highest BCUT2D eigenvalue weighted by Crippen LogP contribution is 2.61. The fraction of sp³-hybridized carbons (Fsp3) is 0.500. The molecule has 1 spiro atoms. The van der Waals surface area contributed by atoms with Gasteiger partial charge in [0.2, 0.25) is 23.7 Å². The van der Waals surface area contributed by atoms with E-state index in [-0.39, 0.29) is 36.1 Å². The number of rotatable bonds is 8. The standard InChI is InChI=1S/C42H48N10O4/c1-48(2)39(55)33-20-27-22-44-41(47-37(27)51(33)28-6-3-4-7-28)45-34-12-10-26(21-43-34)25-14-18-49(19-15-25)29-23-50(24-29)30-8-5-9-31-36(30)42(16-17-42)40(56)52(31)32-11-13-35(53)46-38(32)54/h5,8-10,12,20-22,25,28-29,32H,3-4,6-7,11,13-19,23-24H2,1-2H3,(H,46,53,54)(H,43,44,45,47)/t32-/m0/s1. The minimum absolute atomic E-state index is 0.0138. The van der Waals surface area contributed by atoms with Crippen molar-refractivity contribution in [1.82, 2.24) is 34.6 Å². The third-order valence-corrected chi connectivity index (χ3v) is 13.3. The number of carbonyl (C=O) groups excluding carboxylic acids is 4. The Morgan fingerprint density at radius 2 is 1.68 bits per heavy atom. The van der Waals surface area contributed by atoms with Crippen LogP contribution in [0.3, 0.4) is 0 Å². The van der Waals surface area contributed by atoms with Crippen molar-refractivity contribution in [2.75, 3.05) is 55.4 Å². The van der Waals surface area contributed by atoms with Crippen LogP contribution in [0, 0.1) is 0 Å². The van der Waals surface area contributed by atoms with Crippen molar-refractivity contribution in [1.29, 1.82) is 0 Å². The van der Waals surface area contributed by atoms with Gasteiger partial charge in [-0.05, 0) is 93.8 Å². The second kappa shape index (κ2) is 13.4. The van der Waals surface area contributed by atoms with Crippen molar-refractivity contribution in [2.24, 2.45) is 0 Å². The summed E-state index contributed by atoms with van der Waals surface area (Å²) in [6.45, 7) is 3.87. The van der Waals surface area contributed by atoms with Crippen molar-refractivity contribution in [3.05, 3.63) is 65.6 Å². The Bertz CT molecular complexity index is 2240. The normalized spacial score (nSPS) is 22.8. The highest BCUT2D eigenvalue weighted by atomic mass is 16.2. The first-order valence-corrected chi connectivity index (χ1v) is 20.3. The van der Waals surface area contributed by atoms with Crippen LogP contribution < -0.4 is 20.4 Å². The highest BCUT2D eigenvalue weighted by molar-refractivity contribution is 6.16. The lowest BCUT2D eigenvalue weighted by Gasteiger charge is -2.49. The zero-order chi connectivity index (χ0) is 38.3. The molecule has 290 valence electrons. The molecule has 4 amide bonds. The van der Waals surface area contributed by atoms with Gasteiger partial charge in [-0.1, -0.05) is 25.0 Å². The smallest absolute Gasteiger partial charge is 0.270 e. The first-order valence-electron chi connectivity index (χ1n) is 20.3. The summed E-state index contributed by atoms with van der Waals surface area (Å²) in [5.41, 5.74) is 5.19. The molecule has 10 rings (SSSR count). The number of imide groups is 1. The van der Waals surface area contributed by atoms with Gasteiger partial charge in [0.05, 0.1) is 11.1 Å². The molecule has 1 aromatic carbocycles. The van der Waals surface area contributed by atoms with E-state index in [2.05, 4.69) is 42.1 Å². The minimum Gasteiger partial charge on any atom is -0.368 e. The topological polar surface area (TPSA) is 149 Å². The molecule has 2 N–H and O–H groups in total. The number of nitrogens with one attached hydrogen (secondary N) is 2. The van der Waals surface area contributed by atoms with Crippen LogP contribution >= 0.6 is 0 Å². The maximum atomic E-state index is 13.9. The molecule has 4 aromatic rings. The van der Waals surface area contributed by atoms with E-state index < -0.39 is 11.5 Å². The predicted octanol–water partition coefficient (Wildman–Crippen LogP) is 4.64. The van der Waals surface area contributed by atoms with E-state index in [0.29, 0.717) is 35.8 Å². The van der Waals surface area contributed by atoms with Gasteiger partial charge in [-0.15, -0.1) is 0 Å². The third kappa shape index (κ3) is 5.74. The molecule has 3 saturated heterocycles. The molecule has 14 nitrogen and oxygen atoms in total. The van der Waals surface area contributed by atoms with Gasteiger partial charge in [-0.25, -0.2) is 9.97 Å². The Labute approximate surface area is 325 Å². The highest BCUT2D eigenvalue weighted by Gasteiger charge is 2.62. The Morgan fingerprint density at radius 1 is 0.911 bits per heavy atom. The van der Waals surface area contributed by atoms with Crippen LogP contribution in [0.2, 0.25) is 0 Å². The van der Waals surface area contributed by atoms with Crippen molar-refractivity contribution in [3.63, 3.8) is 0 Å². The van der Waals surface area contributed by atoms with Gasteiger partial charge >= 0.3 is 0 Å². The molecule has 0 bridgehead atoms. The average Bonchev–Trinajstić information content (AvgIpc) is 3.51. The Kier molecular flexibility index (Phi) is 8.38. The van der Waals surface area contributed by atoms with Crippen molar-refractivity contribution in [2.45, 2.75) is 93.7 Å². The largest absolute Gasteiger partial charge is 0.368 e. The number of fused-ring (bicyclic) bond motifs is 3. The second-order valence-electron chi connectivity index (χ2n) is 16.9. The molecule has 4 aliphatic heterocycles. The zero-order valence-electron chi connectivity index (χ0n) is 32.0. The number of carbonyl (C=O) groups is 4. The fourth-order valence-electron chi connectivity index (χ4n) is 10.1. The molecule has 0 radical (unpaired) electrons. The van der Waals surface area contributed by atoms with Gasteiger partial charge in [0.15, 0.2) is 0 Å². The fourth-order valence-corrected chi connectivity index (χ4v) is 10.1. The predicted molar refractivity (Wildman–Crippen MR) is 211 cm³/mol. The number of hydrogen-bond acceptors (Lipinski definition) is 10. The maximum Gasteiger partial charge on any atom is 0.270 e. The van der Waals surface area contributed by atoms with E-state index in [1.54, 1.807) is 30.1 Å². The molecule has 56 heavy (non-hydrogen) atoms. The summed E-state index contributed by atoms with van der Waals surface area (Å²) in [5.74, 6) is 0.938. The van der Waals surface area contributed by atoms with E-state index in [0.717, 1.165) is 106 Å². The number of amides is 4. The number of anilines is 4. The summed E-state index contributed by atoms with van der Waals surface area (Å²) in [6, 6.07) is 12.3. The zero-order valence-corrected chi connectivity index (χ0v) is 32.0. The quantitative estimate of drug-likeness (QED) is 0.244. The van der Waals surface area contributed by atoms with E-state index in [1.165, 1.54) is 5.56 Å². The maximum absolute atomic E-state index is 13.9. The monoisotopic (exact) mass is 756 g/mol. The van der Waals surface area contributed by atoms with Crippen LogP contribution in [0.1, 0.15) is 97.8 Å². The molecule has 5 fully saturated rings. The SMILES string of the molecule is CN(C)C(=O)c1cc2cnc(Nc3ccc(C4CCN(C5CN(c6cccc7c6C6(CC6)C(=O)N7[C@H]6CCC(=O)NC6=O)C5)CC4)cn3)nc2n1C1CCCC1. The molecular formula is C42H48N10O4. The van der Waals surface area contributed by atoms with Gasteiger partial charge in [0.25, 0.3) is 5.91 Å². The van der Waals surface area contributed by atoms with Crippen molar-refractivity contribution < 1.29 is 19.2 Å². The lowest BCUT2D eigenvalue weighted by molar-refractivity contribution is -0.135. The van der Waals surface area contributed by atoms with Gasteiger partial charge in [-0.2, -0.15) is 4.98 Å². The number of hydrogen-bond donors (Lipinski definition) is 2. The van der Waals surface area contributed by atoms with Gasteiger partial charge < -0.3 is 19.7 Å². The van der Waals surface area contributed by atoms with Gasteiger partial charge in [-0.3, -0.25) is 34.3 Å². The number of pyridine rings is 1. The lowest BCUT2D eigenvalue weighted by Crippen LogP contribution is -2.61. The van der Waals surface area contributed by atoms with Crippen LogP contribution in [0.4, 0.5) is 23.1 Å². The van der Waals surface area contributed by atoms with Crippen LogP contribution in [0.15, 0.2) is 48.8 Å². The number of nitrogens with zero attached hydrogens (tertiary/aromatic N) is 8. The number of aromatic nitrogens is 4. The van der Waals surface area contributed by atoms with E-state index in [4.69, 9.17) is 9.97 Å². The van der Waals surface area contributed by atoms with Gasteiger partial charge in [0, 0.05) is 74.7 Å². The lowest BCUT2D eigenvalue weighted by atomic mass is 9.88. The molecule has 14 heteroatoms. The summed E-state index contributed by atoms with van der Waals surface area (Å²) < 4.78 is 2.12. The molecule has 0 unspecified atom stereocenters. The molecule has 6 aliphatic rings. The summed E-state index contributed by atoms with van der Waals surface area (Å²) in [7, 11) is 3.57. The van der Waals surface area contributed by atoms with Crippen LogP contribution in [-0.2, 0) is 19.8 Å². The number of benzene rings is 1. The molecule has 3 aromatic heterocycles. The number of piperidine rings is 2. The first-order chi connectivity index (χ1) is 27.2. The molecule has 1 atom stereocenters. The van der Waals surface area contributed by atoms with E-state index in [9.17, 15) is 19.2 Å². The number of likely N-dealkylation sites (tertiary alicyclic amines) is 1. The van der Waals surface area contributed by atoms with Crippen LogP contribution in [0.5, 0.6) is 0 Å². The van der Waals surface area contributed by atoms with Gasteiger partial charge in [0.1, 0.15) is 23.2 Å². The van der Waals surface area contributed by atoms with Crippen LogP contribution in [-0.4, -0.2) is 105 Å². The van der Waals surface area contributed by atoms with Crippen LogP contribution in [0.25, 0.3) is 11.0 Å². The molecule has 7 heterocycles. The first kappa shape index (κ1) is 35.1. The van der Waals surface area contributed by atoms with E-state index in [1.807, 2.05) is 30.5 Å². The summed E-state index contributed by atoms with van der Waals surface area (Å²) in [6.07, 6.45) is 12.5. The molecular weight excluding hydrogens is 709 g/mol. The Morgan fingerprint density at radius 3 is 2.38 bits per heavy atom. The Balaban J connectivity index is 0.771. The average molecular weight is 757 g/mol. The molecule has 2 aliphatic carbocycles. The van der Waals surface area contributed by atoms with Crippen molar-refractivity contribution in [3.8, 4) is 0 Å². The Hall–Kier alpha value is -5.37. The second-order valence-corrected chi connectivity index (χ2v) is 16.9. The summed E-state index contributed by atoms with van der Waals surface area (Å²) >= 11 is 0. The molecule has 2 saturated carbocycles. The summed E-state index contributed by atoms with van der Waals surface area (Å²) in [5, 5.41) is 6.61. The summed E-state index contributed by atoms with van der Waals surface area (Å²) in [4.78, 5) is 74.2.